The van der Waals surface area contributed by atoms with E-state index >= 15 is 0 Å². The number of nitrogens with one attached hydrogen (secondary N) is 1. The van der Waals surface area contributed by atoms with Crippen LogP contribution in [0.4, 0.5) is 0 Å². The summed E-state index contributed by atoms with van der Waals surface area (Å²) >= 11 is 0. The van der Waals surface area contributed by atoms with Crippen molar-refractivity contribution in [3.05, 3.63) is 0 Å². The maximum Gasteiger partial charge on any atom is 0.326 e. The first kappa shape index (κ1) is 17.4. The molecule has 0 aliphatic heterocycles. The Hall–Kier alpha value is -0.610. The average Bonchev–Trinajstić information content (AvgIpc) is 2.29. The van der Waals surface area contributed by atoms with Crippen LogP contribution in [0.3, 0.4) is 0 Å². The molecule has 2 unspecified atom stereocenters. The van der Waals surface area contributed by atoms with E-state index < -0.39 is 5.54 Å². The van der Waals surface area contributed by atoms with Gasteiger partial charge in [0.1, 0.15) is 5.54 Å². The van der Waals surface area contributed by atoms with Gasteiger partial charge in [-0.25, -0.2) is 0 Å². The summed E-state index contributed by atoms with van der Waals surface area (Å²) in [5.41, 5.74) is -0.651. The van der Waals surface area contributed by atoms with E-state index in [1.165, 1.54) is 0 Å². The summed E-state index contributed by atoms with van der Waals surface area (Å²) in [6, 6.07) is 0. The van der Waals surface area contributed by atoms with Crippen LogP contribution in [0, 0.1) is 5.92 Å². The second-order valence-electron chi connectivity index (χ2n) is 5.15. The van der Waals surface area contributed by atoms with E-state index in [0.717, 1.165) is 6.54 Å². The summed E-state index contributed by atoms with van der Waals surface area (Å²) in [6.45, 7) is 13.7. The molecule has 0 radical (unpaired) electrons. The molecule has 0 aliphatic rings. The Morgan fingerprint density at radius 3 is 2.33 bits per heavy atom. The van der Waals surface area contributed by atoms with Gasteiger partial charge >= 0.3 is 5.97 Å². The molecule has 4 nitrogen and oxygen atoms in total. The van der Waals surface area contributed by atoms with Crippen LogP contribution in [-0.4, -0.2) is 37.4 Å². The van der Waals surface area contributed by atoms with Gasteiger partial charge < -0.3 is 14.8 Å². The number of esters is 1. The standard InChI is InChI=1S/C14H29NO3/c1-7-15-14(6,13(16)17-8-2)9-10-18-12(5)11(3)4/h11-12,15H,7-10H2,1-6H3. The number of ether oxygens (including phenoxy) is 2. The van der Waals surface area contributed by atoms with Crippen LogP contribution in [0.2, 0.25) is 0 Å². The van der Waals surface area contributed by atoms with Gasteiger partial charge in [0.2, 0.25) is 0 Å². The summed E-state index contributed by atoms with van der Waals surface area (Å²) in [7, 11) is 0. The van der Waals surface area contributed by atoms with Crippen molar-refractivity contribution in [3.8, 4) is 0 Å². The van der Waals surface area contributed by atoms with E-state index in [2.05, 4.69) is 26.1 Å². The smallest absolute Gasteiger partial charge is 0.326 e. The third kappa shape index (κ3) is 5.83. The van der Waals surface area contributed by atoms with Crippen molar-refractivity contribution in [2.24, 2.45) is 5.92 Å². The number of hydrogen-bond donors (Lipinski definition) is 1. The second kappa shape index (κ2) is 8.48. The summed E-state index contributed by atoms with van der Waals surface area (Å²) in [5, 5.41) is 3.19. The fourth-order valence-corrected chi connectivity index (χ4v) is 1.58. The molecule has 0 aromatic carbocycles. The van der Waals surface area contributed by atoms with Crippen molar-refractivity contribution >= 4 is 5.97 Å². The van der Waals surface area contributed by atoms with E-state index in [0.29, 0.717) is 25.6 Å². The topological polar surface area (TPSA) is 47.6 Å². The first-order valence-corrected chi connectivity index (χ1v) is 6.91. The molecule has 108 valence electrons. The molecular weight excluding hydrogens is 230 g/mol. The van der Waals surface area contributed by atoms with Gasteiger partial charge in [0.15, 0.2) is 0 Å². The van der Waals surface area contributed by atoms with Gasteiger partial charge in [-0.15, -0.1) is 0 Å². The zero-order valence-corrected chi connectivity index (χ0v) is 12.7. The van der Waals surface area contributed by atoms with E-state index in [9.17, 15) is 4.79 Å². The number of likely N-dealkylation sites (N-methyl/N-ethyl adjacent to an activating group) is 1. The molecule has 0 aromatic heterocycles. The van der Waals surface area contributed by atoms with Gasteiger partial charge in [0, 0.05) is 6.61 Å². The molecule has 0 heterocycles. The normalized spacial score (nSPS) is 16.4. The van der Waals surface area contributed by atoms with E-state index in [1.807, 2.05) is 20.8 Å². The maximum absolute atomic E-state index is 11.9. The summed E-state index contributed by atoms with van der Waals surface area (Å²) < 4.78 is 10.8. The summed E-state index contributed by atoms with van der Waals surface area (Å²) in [5.74, 6) is 0.283. The van der Waals surface area contributed by atoms with Gasteiger partial charge in [-0.3, -0.25) is 4.79 Å². The molecule has 0 amide bonds. The Morgan fingerprint density at radius 2 is 1.89 bits per heavy atom. The Balaban J connectivity index is 4.30. The highest BCUT2D eigenvalue weighted by Gasteiger charge is 2.33. The van der Waals surface area contributed by atoms with E-state index in [4.69, 9.17) is 9.47 Å². The Labute approximate surface area is 111 Å². The molecule has 1 N–H and O–H groups in total. The lowest BCUT2D eigenvalue weighted by Gasteiger charge is -2.29. The van der Waals surface area contributed by atoms with Gasteiger partial charge in [-0.05, 0) is 39.7 Å². The molecule has 0 aliphatic carbocycles. The first-order chi connectivity index (χ1) is 8.37. The minimum Gasteiger partial charge on any atom is -0.465 e. The minimum atomic E-state index is -0.651. The van der Waals surface area contributed by atoms with Crippen LogP contribution in [-0.2, 0) is 14.3 Å². The summed E-state index contributed by atoms with van der Waals surface area (Å²) in [6.07, 6.45) is 0.828. The fraction of sp³-hybridized carbons (Fsp3) is 0.929. The van der Waals surface area contributed by atoms with Crippen molar-refractivity contribution in [1.82, 2.24) is 5.32 Å². The Bertz CT molecular complexity index is 243. The number of carbonyl (C=O) groups excluding carboxylic acids is 1. The van der Waals surface area contributed by atoms with Crippen LogP contribution in [0.15, 0.2) is 0 Å². The predicted octanol–water partition coefficient (Wildman–Crippen LogP) is 2.37. The van der Waals surface area contributed by atoms with Crippen molar-refractivity contribution < 1.29 is 14.3 Å². The van der Waals surface area contributed by atoms with Crippen LogP contribution in [0.25, 0.3) is 0 Å². The minimum absolute atomic E-state index is 0.201. The third-order valence-corrected chi connectivity index (χ3v) is 3.21. The molecule has 4 heteroatoms. The van der Waals surface area contributed by atoms with Crippen LogP contribution < -0.4 is 5.32 Å². The molecule has 18 heavy (non-hydrogen) atoms. The maximum atomic E-state index is 11.9. The number of hydrogen-bond acceptors (Lipinski definition) is 4. The van der Waals surface area contributed by atoms with E-state index in [-0.39, 0.29) is 12.1 Å². The van der Waals surface area contributed by atoms with E-state index in [1.54, 1.807) is 0 Å². The summed E-state index contributed by atoms with van der Waals surface area (Å²) in [4.78, 5) is 11.9. The number of carbonyl (C=O) groups is 1. The zero-order chi connectivity index (χ0) is 14.2. The van der Waals surface area contributed by atoms with Crippen molar-refractivity contribution in [2.45, 2.75) is 59.6 Å². The second-order valence-corrected chi connectivity index (χ2v) is 5.15. The molecular formula is C14H29NO3. The fourth-order valence-electron chi connectivity index (χ4n) is 1.58. The van der Waals surface area contributed by atoms with Crippen molar-refractivity contribution in [3.63, 3.8) is 0 Å². The highest BCUT2D eigenvalue weighted by atomic mass is 16.5. The van der Waals surface area contributed by atoms with Crippen LogP contribution in [0.1, 0.15) is 48.0 Å². The van der Waals surface area contributed by atoms with Crippen LogP contribution >= 0.6 is 0 Å². The lowest BCUT2D eigenvalue weighted by molar-refractivity contribution is -0.151. The highest BCUT2D eigenvalue weighted by molar-refractivity contribution is 5.80. The monoisotopic (exact) mass is 259 g/mol. The van der Waals surface area contributed by atoms with Crippen molar-refractivity contribution in [1.29, 1.82) is 0 Å². The van der Waals surface area contributed by atoms with Gasteiger partial charge in [0.05, 0.1) is 12.7 Å². The van der Waals surface area contributed by atoms with Gasteiger partial charge in [-0.1, -0.05) is 20.8 Å². The molecule has 0 spiro atoms. The Morgan fingerprint density at radius 1 is 1.28 bits per heavy atom. The van der Waals surface area contributed by atoms with Gasteiger partial charge in [-0.2, -0.15) is 0 Å². The highest BCUT2D eigenvalue weighted by Crippen LogP contribution is 2.14. The quantitative estimate of drug-likeness (QED) is 0.646. The zero-order valence-electron chi connectivity index (χ0n) is 12.7. The lowest BCUT2D eigenvalue weighted by Crippen LogP contribution is -2.51. The Kier molecular flexibility index (Phi) is 8.20. The SMILES string of the molecule is CCNC(C)(CCOC(C)C(C)C)C(=O)OCC. The molecule has 0 aromatic rings. The number of rotatable bonds is 9. The molecule has 2 atom stereocenters. The molecule has 0 bridgehead atoms. The largest absolute Gasteiger partial charge is 0.465 e. The average molecular weight is 259 g/mol. The molecule has 0 saturated carbocycles. The van der Waals surface area contributed by atoms with Crippen molar-refractivity contribution in [2.75, 3.05) is 19.8 Å². The first-order valence-electron chi connectivity index (χ1n) is 6.91. The lowest BCUT2D eigenvalue weighted by atomic mass is 9.98. The van der Waals surface area contributed by atoms with Gasteiger partial charge in [0.25, 0.3) is 0 Å². The predicted molar refractivity (Wildman–Crippen MR) is 73.6 cm³/mol. The molecule has 0 saturated heterocycles. The van der Waals surface area contributed by atoms with Crippen LogP contribution in [0.5, 0.6) is 0 Å². The molecule has 0 fully saturated rings. The molecule has 0 rings (SSSR count). The third-order valence-electron chi connectivity index (χ3n) is 3.21.